The van der Waals surface area contributed by atoms with Gasteiger partial charge in [0.05, 0.1) is 11.7 Å². The van der Waals surface area contributed by atoms with Crippen molar-refractivity contribution in [2.75, 3.05) is 56.6 Å². The van der Waals surface area contributed by atoms with Crippen molar-refractivity contribution in [3.63, 3.8) is 0 Å². The largest absolute Gasteiger partial charge is 0.489 e. The molecule has 2 saturated heterocycles. The maximum atomic E-state index is 6.25. The van der Waals surface area contributed by atoms with Gasteiger partial charge in [-0.15, -0.1) is 0 Å². The summed E-state index contributed by atoms with van der Waals surface area (Å²) in [6.07, 6.45) is 8.14. The maximum Gasteiger partial charge on any atom is 0.180 e. The third-order valence-corrected chi connectivity index (χ3v) is 7.41. The van der Waals surface area contributed by atoms with Crippen LogP contribution in [0.3, 0.4) is 0 Å². The fraction of sp³-hybridized carbons (Fsp3) is 0.478. The molecule has 2 fully saturated rings. The first kappa shape index (κ1) is 20.3. The Balaban J connectivity index is 1.18. The molecule has 0 spiro atoms. The number of likely N-dealkylation sites (tertiary alicyclic amines) is 1. The van der Waals surface area contributed by atoms with Crippen molar-refractivity contribution >= 4 is 38.8 Å². The molecule has 1 N–H and O–H groups in total. The quantitative estimate of drug-likeness (QED) is 0.595. The highest BCUT2D eigenvalue weighted by molar-refractivity contribution is 9.10. The predicted molar refractivity (Wildman–Crippen MR) is 129 cm³/mol. The Morgan fingerprint density at radius 3 is 2.88 bits per heavy atom. The summed E-state index contributed by atoms with van der Waals surface area (Å²) in [6.45, 7) is 6.43. The van der Waals surface area contributed by atoms with Crippen LogP contribution in [-0.4, -0.2) is 82.6 Å². The van der Waals surface area contributed by atoms with Crippen LogP contribution in [-0.2, 0) is 0 Å². The van der Waals surface area contributed by atoms with Crippen molar-refractivity contribution in [3.05, 3.63) is 41.4 Å². The smallest absolute Gasteiger partial charge is 0.180 e. The molecule has 3 aliphatic rings. The van der Waals surface area contributed by atoms with Gasteiger partial charge in [-0.25, -0.2) is 9.97 Å². The van der Waals surface area contributed by atoms with E-state index in [0.717, 1.165) is 54.0 Å². The van der Waals surface area contributed by atoms with Gasteiger partial charge in [-0.1, -0.05) is 0 Å². The number of hydrogen-bond acceptors (Lipinski definition) is 7. The van der Waals surface area contributed by atoms with Crippen LogP contribution in [0.15, 0.2) is 41.4 Å². The minimum absolute atomic E-state index is 0.422. The lowest BCUT2D eigenvalue weighted by Crippen LogP contribution is -2.60. The Labute approximate surface area is 196 Å². The zero-order chi connectivity index (χ0) is 21.7. The Morgan fingerprint density at radius 2 is 2.00 bits per heavy atom. The second kappa shape index (κ2) is 8.20. The van der Waals surface area contributed by atoms with Crippen LogP contribution in [0.4, 0.5) is 17.2 Å². The van der Waals surface area contributed by atoms with E-state index in [-0.39, 0.29) is 0 Å². The number of fused-ring (bicyclic) bond motifs is 4. The minimum Gasteiger partial charge on any atom is -0.489 e. The second-order valence-electron chi connectivity index (χ2n) is 9.07. The molecule has 0 radical (unpaired) electrons. The highest BCUT2D eigenvalue weighted by atomic mass is 79.9. The molecular formula is C23H28BrN7O. The number of piperazine rings is 1. The molecule has 0 unspecified atom stereocenters. The molecular weight excluding hydrogens is 470 g/mol. The van der Waals surface area contributed by atoms with E-state index in [1.807, 2.05) is 16.8 Å². The van der Waals surface area contributed by atoms with Gasteiger partial charge in [0.2, 0.25) is 0 Å². The summed E-state index contributed by atoms with van der Waals surface area (Å²) < 4.78 is 8.96. The summed E-state index contributed by atoms with van der Waals surface area (Å²) in [5.74, 6) is 1.65. The number of aromatic nitrogens is 3. The summed E-state index contributed by atoms with van der Waals surface area (Å²) >= 11 is 3.48. The zero-order valence-electron chi connectivity index (χ0n) is 18.2. The topological polar surface area (TPSA) is 61.2 Å². The number of benzene rings is 1. The van der Waals surface area contributed by atoms with Gasteiger partial charge in [0.25, 0.3) is 0 Å². The summed E-state index contributed by atoms with van der Waals surface area (Å²) in [5.41, 5.74) is 2.93. The number of halogens is 1. The van der Waals surface area contributed by atoms with Crippen LogP contribution in [0.1, 0.15) is 12.8 Å². The van der Waals surface area contributed by atoms with Crippen molar-refractivity contribution in [2.24, 2.45) is 0 Å². The number of anilines is 3. The molecule has 2 aromatic heterocycles. The molecule has 1 atom stereocenters. The monoisotopic (exact) mass is 497 g/mol. The molecule has 0 amide bonds. The van der Waals surface area contributed by atoms with Crippen molar-refractivity contribution in [1.29, 1.82) is 0 Å². The van der Waals surface area contributed by atoms with E-state index >= 15 is 0 Å². The minimum atomic E-state index is 0.422. The SMILES string of the molecule is CN1CCC(N2CCN3c4ccc(Nc5nc(Br)cn6ccnc56)cc4OC[C@H]3C2)CC1. The number of nitrogens with one attached hydrogen (secondary N) is 1. The molecule has 3 aromatic rings. The predicted octanol–water partition coefficient (Wildman–Crippen LogP) is 3.21. The number of ether oxygens (including phenoxy) is 1. The van der Waals surface area contributed by atoms with Gasteiger partial charge in [-0.2, -0.15) is 0 Å². The number of imidazole rings is 1. The van der Waals surface area contributed by atoms with Gasteiger partial charge in [0.15, 0.2) is 11.5 Å². The number of nitrogens with zero attached hydrogens (tertiary/aromatic N) is 6. The highest BCUT2D eigenvalue weighted by Crippen LogP contribution is 2.38. The first-order valence-corrected chi connectivity index (χ1v) is 12.2. The Kier molecular flexibility index (Phi) is 5.20. The van der Waals surface area contributed by atoms with Crippen LogP contribution in [0.2, 0.25) is 0 Å². The molecule has 32 heavy (non-hydrogen) atoms. The fourth-order valence-electron chi connectivity index (χ4n) is 5.28. The third-order valence-electron chi connectivity index (χ3n) is 7.03. The lowest BCUT2D eigenvalue weighted by atomic mass is 10.00. The fourth-order valence-corrected chi connectivity index (χ4v) is 5.68. The van der Waals surface area contributed by atoms with Crippen LogP contribution >= 0.6 is 15.9 Å². The summed E-state index contributed by atoms with van der Waals surface area (Å²) in [4.78, 5) is 16.7. The van der Waals surface area contributed by atoms with Crippen molar-refractivity contribution in [1.82, 2.24) is 24.2 Å². The van der Waals surface area contributed by atoms with Crippen molar-refractivity contribution in [3.8, 4) is 5.75 Å². The lowest BCUT2D eigenvalue weighted by molar-refractivity contribution is 0.0868. The second-order valence-corrected chi connectivity index (χ2v) is 9.88. The molecule has 0 bridgehead atoms. The summed E-state index contributed by atoms with van der Waals surface area (Å²) in [6, 6.07) is 7.51. The molecule has 0 aliphatic carbocycles. The molecule has 8 nitrogen and oxygen atoms in total. The Bertz CT molecular complexity index is 1130. The number of rotatable bonds is 3. The van der Waals surface area contributed by atoms with Gasteiger partial charge < -0.3 is 24.3 Å². The normalized spacial score (nSPS) is 22.4. The molecule has 5 heterocycles. The van der Waals surface area contributed by atoms with Crippen LogP contribution in [0.5, 0.6) is 5.75 Å². The van der Waals surface area contributed by atoms with Gasteiger partial charge >= 0.3 is 0 Å². The summed E-state index contributed by atoms with van der Waals surface area (Å²) in [7, 11) is 2.23. The number of piperidine rings is 1. The first-order valence-electron chi connectivity index (χ1n) is 11.4. The van der Waals surface area contributed by atoms with E-state index in [2.05, 4.69) is 71.2 Å². The van der Waals surface area contributed by atoms with Gasteiger partial charge in [0, 0.05) is 56.0 Å². The highest BCUT2D eigenvalue weighted by Gasteiger charge is 2.36. The van der Waals surface area contributed by atoms with Gasteiger partial charge in [-0.05, 0) is 61.0 Å². The third kappa shape index (κ3) is 3.72. The maximum absolute atomic E-state index is 6.25. The average molecular weight is 498 g/mol. The number of hydrogen-bond donors (Lipinski definition) is 1. The van der Waals surface area contributed by atoms with Crippen LogP contribution in [0.25, 0.3) is 5.65 Å². The van der Waals surface area contributed by atoms with Gasteiger partial charge in [-0.3, -0.25) is 4.90 Å². The van der Waals surface area contributed by atoms with E-state index in [1.54, 1.807) is 6.20 Å². The Morgan fingerprint density at radius 1 is 1.12 bits per heavy atom. The van der Waals surface area contributed by atoms with E-state index in [9.17, 15) is 0 Å². The molecule has 1 aromatic carbocycles. The Hall–Kier alpha value is -2.36. The van der Waals surface area contributed by atoms with Crippen molar-refractivity contribution in [2.45, 2.75) is 24.9 Å². The molecule has 0 saturated carbocycles. The molecule has 6 rings (SSSR count). The standard InChI is InChI=1S/C23H28BrN7O/c1-28-7-4-17(5-8-28)29-10-11-31-18(13-29)15-32-20-12-16(2-3-19(20)31)26-22-23-25-6-9-30(23)14-21(24)27-22/h2-3,6,9,12,14,17-18H,4-5,7-8,10-11,13,15H2,1H3,(H,26,27)/t18-/m1/s1. The van der Waals surface area contributed by atoms with E-state index in [4.69, 9.17) is 4.74 Å². The first-order chi connectivity index (χ1) is 15.6. The van der Waals surface area contributed by atoms with Crippen LogP contribution in [0, 0.1) is 0 Å². The van der Waals surface area contributed by atoms with E-state index in [0.29, 0.717) is 11.9 Å². The zero-order valence-corrected chi connectivity index (χ0v) is 19.8. The molecule has 3 aliphatic heterocycles. The van der Waals surface area contributed by atoms with Crippen LogP contribution < -0.4 is 15.0 Å². The van der Waals surface area contributed by atoms with E-state index < -0.39 is 0 Å². The van der Waals surface area contributed by atoms with Gasteiger partial charge in [0.1, 0.15) is 17.0 Å². The lowest BCUT2D eigenvalue weighted by Gasteiger charge is -2.48. The van der Waals surface area contributed by atoms with E-state index in [1.165, 1.54) is 31.6 Å². The molecule has 9 heteroatoms. The molecule has 168 valence electrons. The average Bonchev–Trinajstić information content (AvgIpc) is 3.27. The van der Waals surface area contributed by atoms with Crippen molar-refractivity contribution < 1.29 is 4.74 Å². The summed E-state index contributed by atoms with van der Waals surface area (Å²) in [5, 5.41) is 3.41.